The minimum atomic E-state index is -0.935. The van der Waals surface area contributed by atoms with Gasteiger partial charge in [-0.15, -0.1) is 0 Å². The molecule has 2 rings (SSSR count). The third kappa shape index (κ3) is 3.32. The maximum Gasteiger partial charge on any atom is 0.163 e. The average molecular weight is 269 g/mol. The molecule has 0 saturated heterocycles. The summed E-state index contributed by atoms with van der Waals surface area (Å²) < 4.78 is 52.5. The van der Waals surface area contributed by atoms with Gasteiger partial charge in [-0.1, -0.05) is 12.1 Å². The van der Waals surface area contributed by atoms with E-state index in [9.17, 15) is 17.6 Å². The Bertz CT molecular complexity index is 582. The Kier molecular flexibility index (Phi) is 4.16. The fourth-order valence-corrected chi connectivity index (χ4v) is 1.70. The third-order valence-electron chi connectivity index (χ3n) is 2.67. The number of hydrogen-bond acceptors (Lipinski definition) is 1. The van der Waals surface area contributed by atoms with Crippen LogP contribution >= 0.6 is 0 Å². The number of rotatable bonds is 4. The summed E-state index contributed by atoms with van der Waals surface area (Å²) in [6.07, 6.45) is 0. The molecule has 0 aliphatic heterocycles. The van der Waals surface area contributed by atoms with Gasteiger partial charge in [-0.2, -0.15) is 0 Å². The van der Waals surface area contributed by atoms with Crippen molar-refractivity contribution in [2.24, 2.45) is 0 Å². The van der Waals surface area contributed by atoms with Gasteiger partial charge in [-0.05, 0) is 24.3 Å². The van der Waals surface area contributed by atoms with Crippen molar-refractivity contribution in [2.75, 3.05) is 0 Å². The second kappa shape index (κ2) is 5.84. The molecule has 0 aliphatic carbocycles. The van der Waals surface area contributed by atoms with Gasteiger partial charge in [0, 0.05) is 24.2 Å². The number of benzene rings is 2. The van der Waals surface area contributed by atoms with E-state index in [-0.39, 0.29) is 24.2 Å². The van der Waals surface area contributed by atoms with Crippen LogP contribution in [0.2, 0.25) is 0 Å². The Labute approximate surface area is 107 Å². The molecular formula is C14H11F4N. The highest BCUT2D eigenvalue weighted by molar-refractivity contribution is 5.20. The van der Waals surface area contributed by atoms with E-state index in [0.717, 1.165) is 24.3 Å². The molecule has 0 radical (unpaired) electrons. The second-order valence-electron chi connectivity index (χ2n) is 4.05. The lowest BCUT2D eigenvalue weighted by Gasteiger charge is -2.07. The normalized spacial score (nSPS) is 10.7. The molecule has 0 heterocycles. The summed E-state index contributed by atoms with van der Waals surface area (Å²) in [5.74, 6) is -2.96. The minimum absolute atomic E-state index is 0.0273. The molecule has 0 atom stereocenters. The van der Waals surface area contributed by atoms with Gasteiger partial charge in [0.15, 0.2) is 11.6 Å². The first kappa shape index (κ1) is 13.5. The van der Waals surface area contributed by atoms with E-state index in [1.165, 1.54) is 12.1 Å². The zero-order chi connectivity index (χ0) is 13.8. The Balaban J connectivity index is 2.00. The van der Waals surface area contributed by atoms with Gasteiger partial charge in [0.05, 0.1) is 0 Å². The SMILES string of the molecule is Fc1ccc(F)c(CNCc2cccc(F)c2F)c1. The molecule has 0 unspecified atom stereocenters. The molecule has 0 fully saturated rings. The van der Waals surface area contributed by atoms with Crippen LogP contribution in [0.5, 0.6) is 0 Å². The van der Waals surface area contributed by atoms with Gasteiger partial charge in [0.2, 0.25) is 0 Å². The molecule has 1 N–H and O–H groups in total. The lowest BCUT2D eigenvalue weighted by Crippen LogP contribution is -2.15. The average Bonchev–Trinajstić information content (AvgIpc) is 2.38. The summed E-state index contributed by atoms with van der Waals surface area (Å²) in [6, 6.07) is 6.93. The molecular weight excluding hydrogens is 258 g/mol. The highest BCUT2D eigenvalue weighted by atomic mass is 19.2. The van der Waals surface area contributed by atoms with E-state index in [0.29, 0.717) is 0 Å². The second-order valence-corrected chi connectivity index (χ2v) is 4.05. The summed E-state index contributed by atoms with van der Waals surface area (Å²) >= 11 is 0. The smallest absolute Gasteiger partial charge is 0.163 e. The van der Waals surface area contributed by atoms with E-state index in [4.69, 9.17) is 0 Å². The molecule has 0 bridgehead atoms. The zero-order valence-electron chi connectivity index (χ0n) is 9.89. The number of nitrogens with one attached hydrogen (secondary N) is 1. The van der Waals surface area contributed by atoms with Crippen LogP contribution in [0.4, 0.5) is 17.6 Å². The fraction of sp³-hybridized carbons (Fsp3) is 0.143. The quantitative estimate of drug-likeness (QED) is 0.837. The van der Waals surface area contributed by atoms with E-state index in [1.54, 1.807) is 0 Å². The van der Waals surface area contributed by atoms with Gasteiger partial charge < -0.3 is 5.32 Å². The largest absolute Gasteiger partial charge is 0.308 e. The Morgan fingerprint density at radius 2 is 1.53 bits per heavy atom. The maximum absolute atomic E-state index is 13.3. The maximum atomic E-state index is 13.3. The van der Waals surface area contributed by atoms with Crippen molar-refractivity contribution in [2.45, 2.75) is 13.1 Å². The van der Waals surface area contributed by atoms with Crippen LogP contribution in [0, 0.1) is 23.3 Å². The Hall–Kier alpha value is -1.88. The predicted molar refractivity (Wildman–Crippen MR) is 63.3 cm³/mol. The van der Waals surface area contributed by atoms with Gasteiger partial charge in [-0.3, -0.25) is 0 Å². The first-order valence-electron chi connectivity index (χ1n) is 5.65. The first-order chi connectivity index (χ1) is 9.08. The van der Waals surface area contributed by atoms with Gasteiger partial charge in [0.1, 0.15) is 11.6 Å². The molecule has 0 aromatic heterocycles. The predicted octanol–water partition coefficient (Wildman–Crippen LogP) is 3.53. The molecule has 0 spiro atoms. The van der Waals surface area contributed by atoms with Crippen molar-refractivity contribution in [3.05, 3.63) is 70.8 Å². The molecule has 100 valence electrons. The molecule has 19 heavy (non-hydrogen) atoms. The van der Waals surface area contributed by atoms with Crippen LogP contribution in [0.3, 0.4) is 0 Å². The molecule has 2 aromatic rings. The molecule has 2 aromatic carbocycles. The Morgan fingerprint density at radius 1 is 0.789 bits per heavy atom. The van der Waals surface area contributed by atoms with Crippen molar-refractivity contribution in [1.82, 2.24) is 5.32 Å². The monoisotopic (exact) mass is 269 g/mol. The van der Waals surface area contributed by atoms with E-state index < -0.39 is 23.3 Å². The Morgan fingerprint density at radius 3 is 2.32 bits per heavy atom. The summed E-state index contributed by atoms with van der Waals surface area (Å²) in [7, 11) is 0. The topological polar surface area (TPSA) is 12.0 Å². The zero-order valence-corrected chi connectivity index (χ0v) is 9.89. The minimum Gasteiger partial charge on any atom is -0.308 e. The molecule has 0 saturated carbocycles. The van der Waals surface area contributed by atoms with Crippen LogP contribution in [0.25, 0.3) is 0 Å². The highest BCUT2D eigenvalue weighted by Gasteiger charge is 2.08. The van der Waals surface area contributed by atoms with E-state index >= 15 is 0 Å². The van der Waals surface area contributed by atoms with Crippen molar-refractivity contribution in [3.63, 3.8) is 0 Å². The van der Waals surface area contributed by atoms with Crippen molar-refractivity contribution in [1.29, 1.82) is 0 Å². The highest BCUT2D eigenvalue weighted by Crippen LogP contribution is 2.12. The van der Waals surface area contributed by atoms with Gasteiger partial charge in [-0.25, -0.2) is 17.6 Å². The molecule has 5 heteroatoms. The first-order valence-corrected chi connectivity index (χ1v) is 5.65. The van der Waals surface area contributed by atoms with Crippen LogP contribution in [0.15, 0.2) is 36.4 Å². The summed E-state index contributed by atoms with van der Waals surface area (Å²) in [5, 5.41) is 2.74. The van der Waals surface area contributed by atoms with E-state index in [1.807, 2.05) is 0 Å². The summed E-state index contributed by atoms with van der Waals surface area (Å²) in [4.78, 5) is 0. The third-order valence-corrected chi connectivity index (χ3v) is 2.67. The van der Waals surface area contributed by atoms with Crippen LogP contribution in [-0.2, 0) is 13.1 Å². The lowest BCUT2D eigenvalue weighted by molar-refractivity contribution is 0.491. The van der Waals surface area contributed by atoms with Crippen LogP contribution in [0.1, 0.15) is 11.1 Å². The molecule has 0 aliphatic rings. The van der Waals surface area contributed by atoms with Crippen LogP contribution < -0.4 is 5.32 Å². The lowest BCUT2D eigenvalue weighted by atomic mass is 10.1. The van der Waals surface area contributed by atoms with Crippen molar-refractivity contribution in [3.8, 4) is 0 Å². The van der Waals surface area contributed by atoms with Gasteiger partial charge in [0.25, 0.3) is 0 Å². The van der Waals surface area contributed by atoms with Crippen molar-refractivity contribution < 1.29 is 17.6 Å². The summed E-state index contributed by atoms with van der Waals surface area (Å²) in [5.41, 5.74) is 0.272. The summed E-state index contributed by atoms with van der Waals surface area (Å²) in [6.45, 7) is 0.0547. The van der Waals surface area contributed by atoms with Crippen molar-refractivity contribution >= 4 is 0 Å². The molecule has 0 amide bonds. The number of halogens is 4. The standard InChI is InChI=1S/C14H11F4N/c15-11-4-5-12(16)10(6-11)8-19-7-9-2-1-3-13(17)14(9)18/h1-6,19H,7-8H2. The van der Waals surface area contributed by atoms with E-state index in [2.05, 4.69) is 5.32 Å². The fourth-order valence-electron chi connectivity index (χ4n) is 1.70. The number of hydrogen-bond donors (Lipinski definition) is 1. The van der Waals surface area contributed by atoms with Gasteiger partial charge >= 0.3 is 0 Å². The van der Waals surface area contributed by atoms with Crippen LogP contribution in [-0.4, -0.2) is 0 Å². The molecule has 1 nitrogen and oxygen atoms in total.